The number of ether oxygens (including phenoxy) is 1. The molecule has 0 aromatic heterocycles. The predicted molar refractivity (Wildman–Crippen MR) is 47.5 cm³/mol. The van der Waals surface area contributed by atoms with Gasteiger partial charge in [0.25, 0.3) is 5.60 Å². The Labute approximate surface area is 98.7 Å². The molecule has 0 aliphatic heterocycles. The zero-order valence-corrected chi connectivity index (χ0v) is 9.74. The van der Waals surface area contributed by atoms with E-state index in [9.17, 15) is 31.1 Å². The Hall–Kier alpha value is -0.990. The molecule has 108 valence electrons. The van der Waals surface area contributed by atoms with Crippen molar-refractivity contribution in [3.63, 3.8) is 0 Å². The first-order valence-electron chi connectivity index (χ1n) is 4.68. The Kier molecular flexibility index (Phi) is 4.34. The predicted octanol–water partition coefficient (Wildman–Crippen LogP) is 2.57. The minimum Gasteiger partial charge on any atom is -0.460 e. The number of aliphatic hydroxyl groups is 1. The fourth-order valence-corrected chi connectivity index (χ4v) is 0.948. The van der Waals surface area contributed by atoms with E-state index in [4.69, 9.17) is 5.11 Å². The van der Waals surface area contributed by atoms with Crippen LogP contribution in [0.3, 0.4) is 0 Å². The minimum atomic E-state index is -6.03. The highest BCUT2D eigenvalue weighted by atomic mass is 19.4. The number of halogens is 6. The Balaban J connectivity index is 5.13. The molecule has 0 unspecified atom stereocenters. The number of esters is 1. The molecule has 1 N–H and O–H groups in total. The van der Waals surface area contributed by atoms with Crippen molar-refractivity contribution in [1.82, 2.24) is 0 Å². The highest BCUT2D eigenvalue weighted by Gasteiger charge is 2.71. The van der Waals surface area contributed by atoms with E-state index in [1.165, 1.54) is 20.8 Å². The van der Waals surface area contributed by atoms with Crippen LogP contribution in [0.15, 0.2) is 0 Å². The summed E-state index contributed by atoms with van der Waals surface area (Å²) in [6.45, 7) is 3.81. The highest BCUT2D eigenvalue weighted by Crippen LogP contribution is 2.45. The Bertz CT molecular complexity index is 298. The van der Waals surface area contributed by atoms with E-state index in [0.29, 0.717) is 0 Å². The van der Waals surface area contributed by atoms with Gasteiger partial charge in [-0.3, -0.25) is 4.79 Å². The quantitative estimate of drug-likeness (QED) is 0.625. The van der Waals surface area contributed by atoms with Crippen LogP contribution in [0.25, 0.3) is 0 Å². The van der Waals surface area contributed by atoms with Crippen molar-refractivity contribution in [3.05, 3.63) is 0 Å². The van der Waals surface area contributed by atoms with Gasteiger partial charge in [-0.1, -0.05) is 0 Å². The normalized spacial score (nSPS) is 14.6. The summed E-state index contributed by atoms with van der Waals surface area (Å²) in [5.74, 6) is -1.79. The number of alkyl halides is 6. The largest absolute Gasteiger partial charge is 0.460 e. The molecule has 0 saturated carbocycles. The molecule has 0 spiro atoms. The van der Waals surface area contributed by atoms with E-state index >= 15 is 0 Å². The van der Waals surface area contributed by atoms with Gasteiger partial charge in [-0.25, -0.2) is 0 Å². The first kappa shape index (κ1) is 17.0. The molecule has 0 atom stereocenters. The molecular weight excluding hydrogens is 270 g/mol. The van der Waals surface area contributed by atoms with Crippen LogP contribution in [-0.4, -0.2) is 34.6 Å². The van der Waals surface area contributed by atoms with Crippen LogP contribution in [0.4, 0.5) is 26.3 Å². The first-order chi connectivity index (χ1) is 7.60. The van der Waals surface area contributed by atoms with E-state index < -0.39 is 35.9 Å². The number of carbonyl (C=O) groups is 1. The summed E-state index contributed by atoms with van der Waals surface area (Å²) in [7, 11) is 0. The average Bonchev–Trinajstić information content (AvgIpc) is 1.94. The highest BCUT2D eigenvalue weighted by molar-refractivity contribution is 5.71. The summed E-state index contributed by atoms with van der Waals surface area (Å²) >= 11 is 0. The van der Waals surface area contributed by atoms with Crippen LogP contribution in [-0.2, 0) is 9.53 Å². The van der Waals surface area contributed by atoms with Gasteiger partial charge in [-0.2, -0.15) is 26.3 Å². The lowest BCUT2D eigenvalue weighted by molar-refractivity contribution is -0.368. The van der Waals surface area contributed by atoms with Gasteiger partial charge in [-0.15, -0.1) is 0 Å². The van der Waals surface area contributed by atoms with Gasteiger partial charge in [0.1, 0.15) is 5.60 Å². The smallest absolute Gasteiger partial charge is 0.426 e. The van der Waals surface area contributed by atoms with Crippen LogP contribution in [0.1, 0.15) is 27.2 Å². The fraction of sp³-hybridized carbons (Fsp3) is 0.889. The van der Waals surface area contributed by atoms with Gasteiger partial charge >= 0.3 is 18.3 Å². The number of hydrogen-bond donors (Lipinski definition) is 1. The van der Waals surface area contributed by atoms with Crippen molar-refractivity contribution < 1.29 is 41.0 Å². The lowest BCUT2D eigenvalue weighted by Gasteiger charge is -2.32. The van der Waals surface area contributed by atoms with Gasteiger partial charge in [0.15, 0.2) is 0 Å². The van der Waals surface area contributed by atoms with Crippen molar-refractivity contribution in [3.8, 4) is 0 Å². The average molecular weight is 282 g/mol. The summed E-state index contributed by atoms with van der Waals surface area (Å²) in [5.41, 5.74) is -6.36. The molecule has 0 radical (unpaired) electrons. The number of carbonyl (C=O) groups excluding carboxylic acids is 1. The van der Waals surface area contributed by atoms with Crippen molar-refractivity contribution in [2.45, 2.75) is 50.7 Å². The molecule has 0 aromatic rings. The van der Waals surface area contributed by atoms with E-state index in [0.717, 1.165) is 0 Å². The molecule has 9 heteroatoms. The second kappa shape index (κ2) is 4.60. The lowest BCUT2D eigenvalue weighted by atomic mass is 9.98. The maximum atomic E-state index is 12.2. The third-order valence-electron chi connectivity index (χ3n) is 1.76. The zero-order chi connectivity index (χ0) is 15.0. The summed E-state index contributed by atoms with van der Waals surface area (Å²) in [6, 6.07) is 0. The second-order valence-corrected chi connectivity index (χ2v) is 4.62. The van der Waals surface area contributed by atoms with Crippen LogP contribution in [0.2, 0.25) is 0 Å². The molecule has 0 aromatic carbocycles. The molecular formula is C9H12F6O3. The molecule has 0 aliphatic carbocycles. The molecule has 0 fully saturated rings. The Morgan fingerprint density at radius 1 is 1.00 bits per heavy atom. The summed E-state index contributed by atoms with van der Waals surface area (Å²) in [4.78, 5) is 11.0. The molecule has 0 saturated heterocycles. The van der Waals surface area contributed by atoms with Gasteiger partial charge in [0.2, 0.25) is 0 Å². The molecule has 18 heavy (non-hydrogen) atoms. The summed E-state index contributed by atoms with van der Waals surface area (Å²) in [5, 5.41) is 8.70. The van der Waals surface area contributed by atoms with Crippen LogP contribution in [0, 0.1) is 0 Å². The van der Waals surface area contributed by atoms with Gasteiger partial charge in [0.05, 0.1) is 6.42 Å². The van der Waals surface area contributed by atoms with Crippen molar-refractivity contribution in [2.24, 2.45) is 0 Å². The second-order valence-electron chi connectivity index (χ2n) is 4.62. The van der Waals surface area contributed by atoms with E-state index in [-0.39, 0.29) is 0 Å². The van der Waals surface area contributed by atoms with E-state index in [1.54, 1.807) is 0 Å². The van der Waals surface area contributed by atoms with Crippen LogP contribution < -0.4 is 0 Å². The van der Waals surface area contributed by atoms with Crippen molar-refractivity contribution in [2.75, 3.05) is 0 Å². The molecule has 0 rings (SSSR count). The Morgan fingerprint density at radius 3 is 1.56 bits per heavy atom. The maximum Gasteiger partial charge on any atom is 0.426 e. The minimum absolute atomic E-state index is 1.25. The fourth-order valence-electron chi connectivity index (χ4n) is 0.948. The standard InChI is InChI=1S/C9H12F6O3/c1-6(2,3)18-5(16)4-7(17,8(10,11)12)9(13,14)15/h17H,4H2,1-3H3. The molecule has 3 nitrogen and oxygen atoms in total. The topological polar surface area (TPSA) is 46.5 Å². The van der Waals surface area contributed by atoms with E-state index in [2.05, 4.69) is 4.74 Å². The molecule has 0 aliphatic rings. The van der Waals surface area contributed by atoms with Gasteiger partial charge < -0.3 is 9.84 Å². The van der Waals surface area contributed by atoms with Crippen molar-refractivity contribution in [1.29, 1.82) is 0 Å². The molecule has 0 bridgehead atoms. The maximum absolute atomic E-state index is 12.2. The lowest BCUT2D eigenvalue weighted by Crippen LogP contribution is -2.58. The van der Waals surface area contributed by atoms with Crippen LogP contribution in [0.5, 0.6) is 0 Å². The Morgan fingerprint density at radius 2 is 1.33 bits per heavy atom. The number of rotatable bonds is 2. The first-order valence-corrected chi connectivity index (χ1v) is 4.68. The van der Waals surface area contributed by atoms with Gasteiger partial charge in [-0.05, 0) is 20.8 Å². The monoisotopic (exact) mass is 282 g/mol. The SMILES string of the molecule is CC(C)(C)OC(=O)CC(O)(C(F)(F)F)C(F)(F)F. The van der Waals surface area contributed by atoms with Crippen LogP contribution >= 0.6 is 0 Å². The van der Waals surface area contributed by atoms with Crippen molar-refractivity contribution >= 4 is 5.97 Å². The van der Waals surface area contributed by atoms with E-state index in [1.807, 2.05) is 0 Å². The molecule has 0 heterocycles. The van der Waals surface area contributed by atoms with Gasteiger partial charge in [0, 0.05) is 0 Å². The molecule has 0 amide bonds. The summed E-state index contributed by atoms with van der Waals surface area (Å²) in [6.07, 6.45) is -14.3. The third-order valence-corrected chi connectivity index (χ3v) is 1.76. The zero-order valence-electron chi connectivity index (χ0n) is 9.74. The number of hydrogen-bond acceptors (Lipinski definition) is 3. The summed E-state index contributed by atoms with van der Waals surface area (Å²) < 4.78 is 77.6. The third kappa shape index (κ3) is 4.04.